The van der Waals surface area contributed by atoms with Gasteiger partial charge in [-0.2, -0.15) is 0 Å². The lowest BCUT2D eigenvalue weighted by Crippen LogP contribution is -1.99. The molecule has 0 unspecified atom stereocenters. The maximum Gasteiger partial charge on any atom is 0.183 e. The summed E-state index contributed by atoms with van der Waals surface area (Å²) in [5, 5.41) is 3.90. The van der Waals surface area contributed by atoms with Crippen molar-refractivity contribution >= 4 is 40.2 Å². The van der Waals surface area contributed by atoms with E-state index in [4.69, 9.17) is 27.9 Å². The van der Waals surface area contributed by atoms with Crippen LogP contribution in [-0.2, 0) is 6.54 Å². The fourth-order valence-electron chi connectivity index (χ4n) is 1.36. The van der Waals surface area contributed by atoms with Crippen LogP contribution in [0.3, 0.4) is 0 Å². The highest BCUT2D eigenvalue weighted by molar-refractivity contribution is 7.15. The summed E-state index contributed by atoms with van der Waals surface area (Å²) in [6, 6.07) is 5.46. The molecule has 0 aliphatic carbocycles. The molecule has 1 N–H and O–H groups in total. The van der Waals surface area contributed by atoms with E-state index in [0.717, 1.165) is 10.6 Å². The average molecular weight is 289 g/mol. The van der Waals surface area contributed by atoms with E-state index in [2.05, 4.69) is 10.3 Å². The van der Waals surface area contributed by atoms with Crippen molar-refractivity contribution in [1.29, 1.82) is 0 Å². The van der Waals surface area contributed by atoms with Gasteiger partial charge in [-0.1, -0.05) is 23.2 Å². The molecule has 6 heteroatoms. The summed E-state index contributed by atoms with van der Waals surface area (Å²) >= 11 is 13.1. The number of halogens is 2. The Balaban J connectivity index is 2.08. The summed E-state index contributed by atoms with van der Waals surface area (Å²) in [5.41, 5.74) is 0.890. The molecule has 0 saturated carbocycles. The van der Waals surface area contributed by atoms with Gasteiger partial charge in [-0.05, 0) is 12.1 Å². The fourth-order valence-corrected chi connectivity index (χ4v) is 2.44. The van der Waals surface area contributed by atoms with Crippen molar-refractivity contribution in [2.24, 2.45) is 0 Å². The van der Waals surface area contributed by atoms with Crippen LogP contribution in [0, 0.1) is 0 Å². The summed E-state index contributed by atoms with van der Waals surface area (Å²) in [6.45, 7) is 0.655. The number of hydrogen-bond acceptors (Lipinski definition) is 4. The summed E-state index contributed by atoms with van der Waals surface area (Å²) in [4.78, 5) is 5.04. The summed E-state index contributed by atoms with van der Waals surface area (Å²) in [7, 11) is 1.61. The van der Waals surface area contributed by atoms with E-state index in [1.165, 1.54) is 11.3 Å². The van der Waals surface area contributed by atoms with E-state index in [9.17, 15) is 0 Å². The van der Waals surface area contributed by atoms with E-state index in [1.54, 1.807) is 19.4 Å². The molecule has 0 bridgehead atoms. The minimum Gasteiger partial charge on any atom is -0.495 e. The fraction of sp³-hybridized carbons (Fsp3) is 0.182. The first kappa shape index (κ1) is 12.5. The third-order valence-electron chi connectivity index (χ3n) is 2.14. The number of thiazole rings is 1. The Labute approximate surface area is 113 Å². The molecular formula is C11H10Cl2N2OS. The van der Waals surface area contributed by atoms with Gasteiger partial charge < -0.3 is 10.1 Å². The van der Waals surface area contributed by atoms with Crippen molar-refractivity contribution in [2.75, 3.05) is 12.4 Å². The quantitative estimate of drug-likeness (QED) is 0.921. The molecule has 0 atom stereocenters. The largest absolute Gasteiger partial charge is 0.495 e. The average Bonchev–Trinajstić information content (AvgIpc) is 2.73. The molecular weight excluding hydrogens is 279 g/mol. The molecule has 0 aliphatic rings. The maximum atomic E-state index is 5.88. The Bertz CT molecular complexity index is 516. The Kier molecular flexibility index (Phi) is 4.10. The van der Waals surface area contributed by atoms with Crippen LogP contribution in [0.5, 0.6) is 5.75 Å². The molecule has 1 aromatic carbocycles. The van der Waals surface area contributed by atoms with Crippen LogP contribution in [0.1, 0.15) is 4.88 Å². The molecule has 17 heavy (non-hydrogen) atoms. The van der Waals surface area contributed by atoms with E-state index in [1.807, 2.05) is 12.1 Å². The predicted molar refractivity (Wildman–Crippen MR) is 72.5 cm³/mol. The van der Waals surface area contributed by atoms with Gasteiger partial charge in [-0.3, -0.25) is 0 Å². The number of rotatable bonds is 4. The van der Waals surface area contributed by atoms with E-state index in [0.29, 0.717) is 21.8 Å². The van der Waals surface area contributed by atoms with Crippen LogP contribution in [0.4, 0.5) is 5.69 Å². The number of methoxy groups -OCH3 is 1. The number of nitrogens with one attached hydrogen (secondary N) is 1. The standard InChI is InChI=1S/C11H10Cl2N2OS/c1-16-10-4-7(12)2-3-9(10)14-5-8-6-15-11(13)17-8/h2-4,6,14H,5H2,1H3. The second-order valence-electron chi connectivity index (χ2n) is 3.28. The second kappa shape index (κ2) is 5.58. The molecule has 3 nitrogen and oxygen atoms in total. The highest BCUT2D eigenvalue weighted by Crippen LogP contribution is 2.28. The summed E-state index contributed by atoms with van der Waals surface area (Å²) in [6.07, 6.45) is 1.75. The topological polar surface area (TPSA) is 34.1 Å². The van der Waals surface area contributed by atoms with Gasteiger partial charge in [-0.15, -0.1) is 11.3 Å². The third kappa shape index (κ3) is 3.25. The minimum absolute atomic E-state index is 0.546. The lowest BCUT2D eigenvalue weighted by Gasteiger charge is -2.10. The van der Waals surface area contributed by atoms with Crippen LogP contribution in [0.15, 0.2) is 24.4 Å². The number of aromatic nitrogens is 1. The van der Waals surface area contributed by atoms with E-state index in [-0.39, 0.29) is 0 Å². The lowest BCUT2D eigenvalue weighted by atomic mass is 10.3. The van der Waals surface area contributed by atoms with Gasteiger partial charge in [0.1, 0.15) is 5.75 Å². The van der Waals surface area contributed by atoms with Crippen LogP contribution in [-0.4, -0.2) is 12.1 Å². The van der Waals surface area contributed by atoms with Crippen molar-refractivity contribution in [2.45, 2.75) is 6.54 Å². The Morgan fingerprint density at radius 2 is 2.24 bits per heavy atom. The molecule has 2 rings (SSSR count). The monoisotopic (exact) mass is 288 g/mol. The van der Waals surface area contributed by atoms with Crippen molar-refractivity contribution in [3.05, 3.63) is 38.8 Å². The van der Waals surface area contributed by atoms with Crippen LogP contribution in [0.2, 0.25) is 9.49 Å². The highest BCUT2D eigenvalue weighted by Gasteiger charge is 2.04. The molecule has 0 amide bonds. The zero-order valence-electron chi connectivity index (χ0n) is 9.04. The van der Waals surface area contributed by atoms with Crippen molar-refractivity contribution in [1.82, 2.24) is 4.98 Å². The predicted octanol–water partition coefficient (Wildman–Crippen LogP) is 4.07. The van der Waals surface area contributed by atoms with Gasteiger partial charge in [0.2, 0.25) is 0 Å². The summed E-state index contributed by atoms with van der Waals surface area (Å²) in [5.74, 6) is 0.716. The molecule has 0 aliphatic heterocycles. The number of benzene rings is 1. The molecule has 0 fully saturated rings. The zero-order valence-corrected chi connectivity index (χ0v) is 11.4. The van der Waals surface area contributed by atoms with Crippen LogP contribution in [0.25, 0.3) is 0 Å². The number of nitrogens with zero attached hydrogens (tertiary/aromatic N) is 1. The molecule has 0 spiro atoms. The van der Waals surface area contributed by atoms with Crippen molar-refractivity contribution < 1.29 is 4.74 Å². The van der Waals surface area contributed by atoms with Crippen molar-refractivity contribution in [3.8, 4) is 5.75 Å². The summed E-state index contributed by atoms with van der Waals surface area (Å²) < 4.78 is 5.78. The first-order chi connectivity index (χ1) is 8.19. The molecule has 2 aromatic rings. The molecule has 0 saturated heterocycles. The van der Waals surface area contributed by atoms with Gasteiger partial charge >= 0.3 is 0 Å². The zero-order chi connectivity index (χ0) is 12.3. The highest BCUT2D eigenvalue weighted by atomic mass is 35.5. The first-order valence-electron chi connectivity index (χ1n) is 4.86. The Morgan fingerprint density at radius 3 is 2.88 bits per heavy atom. The SMILES string of the molecule is COc1cc(Cl)ccc1NCc1cnc(Cl)s1. The van der Waals surface area contributed by atoms with Crippen LogP contribution >= 0.6 is 34.5 Å². The molecule has 90 valence electrons. The third-order valence-corrected chi connectivity index (χ3v) is 3.49. The van der Waals surface area contributed by atoms with Crippen LogP contribution < -0.4 is 10.1 Å². The van der Waals surface area contributed by atoms with Gasteiger partial charge in [-0.25, -0.2) is 4.98 Å². The molecule has 0 radical (unpaired) electrons. The smallest absolute Gasteiger partial charge is 0.183 e. The van der Waals surface area contributed by atoms with Gasteiger partial charge in [0.05, 0.1) is 19.3 Å². The number of hydrogen-bond donors (Lipinski definition) is 1. The minimum atomic E-state index is 0.546. The molecule has 1 aromatic heterocycles. The maximum absolute atomic E-state index is 5.88. The lowest BCUT2D eigenvalue weighted by molar-refractivity contribution is 0.416. The van der Waals surface area contributed by atoms with E-state index >= 15 is 0 Å². The van der Waals surface area contributed by atoms with Gasteiger partial charge in [0.25, 0.3) is 0 Å². The number of anilines is 1. The second-order valence-corrected chi connectivity index (χ2v) is 5.41. The van der Waals surface area contributed by atoms with Gasteiger partial charge in [0.15, 0.2) is 4.47 Å². The van der Waals surface area contributed by atoms with E-state index < -0.39 is 0 Å². The Morgan fingerprint density at radius 1 is 1.41 bits per heavy atom. The number of ether oxygens (including phenoxy) is 1. The first-order valence-corrected chi connectivity index (χ1v) is 6.44. The van der Waals surface area contributed by atoms with Gasteiger partial charge in [0, 0.05) is 22.2 Å². The normalized spacial score (nSPS) is 10.3. The molecule has 1 heterocycles. The van der Waals surface area contributed by atoms with Crippen molar-refractivity contribution in [3.63, 3.8) is 0 Å². The Hall–Kier alpha value is -0.970.